The van der Waals surface area contributed by atoms with Crippen LogP contribution in [0.2, 0.25) is 0 Å². The second-order valence-corrected chi connectivity index (χ2v) is 7.37. The average Bonchev–Trinajstić information content (AvgIpc) is 3.17. The molecule has 2 aliphatic heterocycles. The third-order valence-corrected chi connectivity index (χ3v) is 5.56. The SMILES string of the molecule is CC(C(=O)N1CCC[C@H]1C(F)(F)F)n1nc(C2CNC2)c2c(F)cc(F)cc21. The van der Waals surface area contributed by atoms with Crippen molar-refractivity contribution in [3.8, 4) is 0 Å². The molecule has 5 nitrogen and oxygen atoms in total. The number of benzene rings is 1. The summed E-state index contributed by atoms with van der Waals surface area (Å²) >= 11 is 0. The number of likely N-dealkylation sites (tertiary alicyclic amines) is 1. The number of amides is 1. The standard InChI is InChI=1S/C18H19F5N4O/c1-9(17(28)26-4-2-3-14(26)18(21,22)23)27-13-6-11(19)5-12(20)15(13)16(25-27)10-7-24-8-10/h5-6,9-10,14,24H,2-4,7-8H2,1H3/t9?,14-/m0/s1. The molecule has 2 atom stereocenters. The number of carbonyl (C=O) groups is 1. The molecular formula is C18H19F5N4O. The molecule has 1 amide bonds. The number of halogens is 5. The van der Waals surface area contributed by atoms with Gasteiger partial charge in [-0.2, -0.15) is 18.3 Å². The molecule has 2 aliphatic rings. The van der Waals surface area contributed by atoms with Crippen molar-refractivity contribution in [3.63, 3.8) is 0 Å². The molecule has 0 radical (unpaired) electrons. The average molecular weight is 402 g/mol. The van der Waals surface area contributed by atoms with Crippen molar-refractivity contribution in [3.05, 3.63) is 29.5 Å². The van der Waals surface area contributed by atoms with E-state index in [9.17, 15) is 26.7 Å². The molecule has 0 spiro atoms. The van der Waals surface area contributed by atoms with Gasteiger partial charge < -0.3 is 10.2 Å². The summed E-state index contributed by atoms with van der Waals surface area (Å²) in [4.78, 5) is 13.6. The van der Waals surface area contributed by atoms with E-state index in [1.54, 1.807) is 0 Å². The maximum atomic E-state index is 14.5. The van der Waals surface area contributed by atoms with Gasteiger partial charge in [-0.3, -0.25) is 9.48 Å². The molecule has 152 valence electrons. The van der Waals surface area contributed by atoms with E-state index >= 15 is 0 Å². The van der Waals surface area contributed by atoms with Crippen molar-refractivity contribution in [2.75, 3.05) is 19.6 Å². The molecule has 2 fully saturated rings. The maximum Gasteiger partial charge on any atom is 0.408 e. The van der Waals surface area contributed by atoms with Crippen molar-refractivity contribution >= 4 is 16.8 Å². The molecule has 1 unspecified atom stereocenters. The summed E-state index contributed by atoms with van der Waals surface area (Å²) in [6.07, 6.45) is -4.41. The Bertz CT molecular complexity index is 921. The molecule has 28 heavy (non-hydrogen) atoms. The Kier molecular flexibility index (Phi) is 4.56. The van der Waals surface area contributed by atoms with Crippen LogP contribution < -0.4 is 5.32 Å². The van der Waals surface area contributed by atoms with Gasteiger partial charge in [0, 0.05) is 37.7 Å². The highest BCUT2D eigenvalue weighted by molar-refractivity contribution is 5.87. The van der Waals surface area contributed by atoms with Crippen LogP contribution in [-0.4, -0.2) is 52.4 Å². The largest absolute Gasteiger partial charge is 0.408 e. The van der Waals surface area contributed by atoms with Crippen LogP contribution in [0.25, 0.3) is 10.9 Å². The van der Waals surface area contributed by atoms with Crippen LogP contribution in [0.3, 0.4) is 0 Å². The third kappa shape index (κ3) is 3.03. The summed E-state index contributed by atoms with van der Waals surface area (Å²) in [5, 5.41) is 7.48. The van der Waals surface area contributed by atoms with Gasteiger partial charge in [0.1, 0.15) is 23.7 Å². The summed E-state index contributed by atoms with van der Waals surface area (Å²) in [6, 6.07) is -1.14. The monoisotopic (exact) mass is 402 g/mol. The van der Waals surface area contributed by atoms with Crippen molar-refractivity contribution in [2.24, 2.45) is 0 Å². The summed E-state index contributed by atoms with van der Waals surface area (Å²) in [6.45, 7) is 2.53. The van der Waals surface area contributed by atoms with Crippen molar-refractivity contribution < 1.29 is 26.7 Å². The lowest BCUT2D eigenvalue weighted by Gasteiger charge is -2.29. The highest BCUT2D eigenvalue weighted by Crippen LogP contribution is 2.36. The Hall–Kier alpha value is -2.23. The summed E-state index contributed by atoms with van der Waals surface area (Å²) in [5.41, 5.74) is 0.461. The predicted molar refractivity (Wildman–Crippen MR) is 90.8 cm³/mol. The summed E-state index contributed by atoms with van der Waals surface area (Å²) in [7, 11) is 0. The fourth-order valence-corrected chi connectivity index (χ4v) is 3.99. The van der Waals surface area contributed by atoms with Crippen LogP contribution in [0.15, 0.2) is 12.1 Å². The highest BCUT2D eigenvalue weighted by atomic mass is 19.4. The maximum absolute atomic E-state index is 14.5. The highest BCUT2D eigenvalue weighted by Gasteiger charge is 2.48. The van der Waals surface area contributed by atoms with E-state index in [2.05, 4.69) is 10.4 Å². The van der Waals surface area contributed by atoms with Crippen LogP contribution in [-0.2, 0) is 4.79 Å². The van der Waals surface area contributed by atoms with E-state index in [4.69, 9.17) is 0 Å². The van der Waals surface area contributed by atoms with Gasteiger partial charge in [0.2, 0.25) is 5.91 Å². The molecule has 0 aliphatic carbocycles. The van der Waals surface area contributed by atoms with E-state index in [0.717, 1.165) is 21.7 Å². The number of aromatic nitrogens is 2. The summed E-state index contributed by atoms with van der Waals surface area (Å²) < 4.78 is 69.2. The van der Waals surface area contributed by atoms with Crippen LogP contribution in [0.1, 0.15) is 37.4 Å². The van der Waals surface area contributed by atoms with Gasteiger partial charge in [-0.05, 0) is 19.8 Å². The number of rotatable bonds is 3. The molecule has 4 rings (SSSR count). The Balaban J connectivity index is 1.75. The molecule has 1 aromatic heterocycles. The molecular weight excluding hydrogens is 383 g/mol. The lowest BCUT2D eigenvalue weighted by molar-refractivity contribution is -0.184. The second-order valence-electron chi connectivity index (χ2n) is 7.37. The summed E-state index contributed by atoms with van der Waals surface area (Å²) in [5.74, 6) is -2.48. The number of alkyl halides is 3. The quantitative estimate of drug-likeness (QED) is 0.803. The molecule has 0 bridgehead atoms. The number of fused-ring (bicyclic) bond motifs is 1. The van der Waals surface area contributed by atoms with Crippen LogP contribution in [0, 0.1) is 11.6 Å². The lowest BCUT2D eigenvalue weighted by atomic mass is 9.96. The second kappa shape index (κ2) is 6.68. The molecule has 2 aromatic rings. The van der Waals surface area contributed by atoms with E-state index in [1.807, 2.05) is 0 Å². The molecule has 0 saturated carbocycles. The zero-order chi connectivity index (χ0) is 20.2. The minimum Gasteiger partial charge on any atom is -0.329 e. The van der Waals surface area contributed by atoms with E-state index in [-0.39, 0.29) is 36.2 Å². The first kappa shape index (κ1) is 19.1. The minimum absolute atomic E-state index is 0.00528. The van der Waals surface area contributed by atoms with E-state index in [0.29, 0.717) is 18.8 Å². The Labute approximate surface area is 157 Å². The first-order chi connectivity index (χ1) is 13.2. The fourth-order valence-electron chi connectivity index (χ4n) is 3.99. The minimum atomic E-state index is -4.51. The van der Waals surface area contributed by atoms with Crippen molar-refractivity contribution in [1.29, 1.82) is 0 Å². The molecule has 1 N–H and O–H groups in total. The number of hydrogen-bond acceptors (Lipinski definition) is 3. The smallest absolute Gasteiger partial charge is 0.329 e. The van der Waals surface area contributed by atoms with Crippen LogP contribution in [0.5, 0.6) is 0 Å². The molecule has 10 heteroatoms. The topological polar surface area (TPSA) is 50.2 Å². The third-order valence-electron chi connectivity index (χ3n) is 5.56. The Morgan fingerprint density at radius 1 is 1.29 bits per heavy atom. The van der Waals surface area contributed by atoms with E-state index < -0.39 is 35.8 Å². The van der Waals surface area contributed by atoms with Crippen LogP contribution >= 0.6 is 0 Å². The van der Waals surface area contributed by atoms with Gasteiger partial charge in [-0.1, -0.05) is 0 Å². The number of carbonyl (C=O) groups excluding carboxylic acids is 1. The first-order valence-corrected chi connectivity index (χ1v) is 9.13. The predicted octanol–water partition coefficient (Wildman–Crippen LogP) is 3.12. The fraction of sp³-hybridized carbons (Fsp3) is 0.556. The van der Waals surface area contributed by atoms with Gasteiger partial charge in [-0.25, -0.2) is 8.78 Å². The number of hydrogen-bond donors (Lipinski definition) is 1. The molecule has 1 aromatic carbocycles. The first-order valence-electron chi connectivity index (χ1n) is 9.13. The van der Waals surface area contributed by atoms with Gasteiger partial charge in [0.15, 0.2) is 0 Å². The molecule has 3 heterocycles. The van der Waals surface area contributed by atoms with Gasteiger partial charge in [0.05, 0.1) is 16.6 Å². The Morgan fingerprint density at radius 2 is 2.00 bits per heavy atom. The van der Waals surface area contributed by atoms with E-state index in [1.165, 1.54) is 6.92 Å². The van der Waals surface area contributed by atoms with Crippen molar-refractivity contribution in [2.45, 2.75) is 43.9 Å². The normalized spacial score (nSPS) is 21.9. The molecule has 2 saturated heterocycles. The zero-order valence-corrected chi connectivity index (χ0v) is 15.1. The lowest BCUT2D eigenvalue weighted by Crippen LogP contribution is -2.47. The van der Waals surface area contributed by atoms with Crippen molar-refractivity contribution in [1.82, 2.24) is 20.0 Å². The van der Waals surface area contributed by atoms with Gasteiger partial charge in [-0.15, -0.1) is 0 Å². The van der Waals surface area contributed by atoms with Gasteiger partial charge in [0.25, 0.3) is 0 Å². The van der Waals surface area contributed by atoms with Gasteiger partial charge >= 0.3 is 6.18 Å². The number of nitrogens with one attached hydrogen (secondary N) is 1. The zero-order valence-electron chi connectivity index (χ0n) is 15.1. The van der Waals surface area contributed by atoms with Crippen LogP contribution in [0.4, 0.5) is 22.0 Å². The number of nitrogens with zero attached hydrogens (tertiary/aromatic N) is 3. The Morgan fingerprint density at radius 3 is 2.61 bits per heavy atom.